The molecule has 0 aliphatic rings. The third-order valence-electron chi connectivity index (χ3n) is 2.94. The molecule has 7 heteroatoms. The summed E-state index contributed by atoms with van der Waals surface area (Å²) in [5.74, 6) is 0. The van der Waals surface area contributed by atoms with E-state index in [2.05, 4.69) is 31.3 Å². The minimum absolute atomic E-state index is 0.623. The number of benzene rings is 1. The van der Waals surface area contributed by atoms with Crippen molar-refractivity contribution in [3.8, 4) is 6.07 Å². The second-order valence-electron chi connectivity index (χ2n) is 4.35. The van der Waals surface area contributed by atoms with Crippen LogP contribution < -0.4 is 5.32 Å². The van der Waals surface area contributed by atoms with E-state index in [9.17, 15) is 5.26 Å². The van der Waals surface area contributed by atoms with Crippen molar-refractivity contribution in [1.29, 1.82) is 5.26 Å². The van der Waals surface area contributed by atoms with Gasteiger partial charge in [-0.2, -0.15) is 5.26 Å². The van der Waals surface area contributed by atoms with Gasteiger partial charge in [-0.15, -0.1) is 0 Å². The number of nitrogens with zero attached hydrogens (tertiary/aromatic N) is 4. The zero-order valence-corrected chi connectivity index (χ0v) is 12.1. The SMILES string of the molecule is CNCc1ccc(Sc2ncnc3nc[nH]c23)c(C#N)c1. The van der Waals surface area contributed by atoms with Crippen molar-refractivity contribution in [2.45, 2.75) is 16.5 Å². The van der Waals surface area contributed by atoms with Crippen molar-refractivity contribution < 1.29 is 0 Å². The highest BCUT2D eigenvalue weighted by atomic mass is 32.2. The number of H-pyrrole nitrogens is 1. The van der Waals surface area contributed by atoms with Crippen LogP contribution in [-0.2, 0) is 6.54 Å². The van der Waals surface area contributed by atoms with Crippen LogP contribution in [0.25, 0.3) is 11.2 Å². The van der Waals surface area contributed by atoms with Crippen LogP contribution in [0.4, 0.5) is 0 Å². The van der Waals surface area contributed by atoms with E-state index < -0.39 is 0 Å². The molecule has 0 saturated carbocycles. The van der Waals surface area contributed by atoms with Gasteiger partial charge in [-0.3, -0.25) is 0 Å². The summed E-state index contributed by atoms with van der Waals surface area (Å²) in [7, 11) is 1.88. The largest absolute Gasteiger partial charge is 0.341 e. The van der Waals surface area contributed by atoms with Crippen LogP contribution >= 0.6 is 11.8 Å². The molecule has 0 radical (unpaired) electrons. The molecule has 0 fully saturated rings. The summed E-state index contributed by atoms with van der Waals surface area (Å²) in [5, 5.41) is 13.2. The highest BCUT2D eigenvalue weighted by Crippen LogP contribution is 2.32. The second-order valence-corrected chi connectivity index (χ2v) is 5.39. The highest BCUT2D eigenvalue weighted by molar-refractivity contribution is 7.99. The number of aromatic nitrogens is 4. The standard InChI is InChI=1S/C14H12N6S/c1-16-6-9-2-3-11(10(4-9)5-15)21-14-12-13(18-7-17-12)19-8-20-14/h2-4,7-8,16H,6H2,1H3,(H,17,18,19,20). The molecular weight excluding hydrogens is 284 g/mol. The molecule has 3 aromatic rings. The fourth-order valence-electron chi connectivity index (χ4n) is 1.99. The van der Waals surface area contributed by atoms with Gasteiger partial charge in [0.25, 0.3) is 0 Å². The van der Waals surface area contributed by atoms with Crippen molar-refractivity contribution in [3.05, 3.63) is 42.0 Å². The van der Waals surface area contributed by atoms with E-state index in [1.54, 1.807) is 6.33 Å². The quantitative estimate of drug-likeness (QED) is 0.716. The third-order valence-corrected chi connectivity index (χ3v) is 4.02. The molecule has 2 aromatic heterocycles. The highest BCUT2D eigenvalue weighted by Gasteiger charge is 2.11. The van der Waals surface area contributed by atoms with E-state index in [4.69, 9.17) is 0 Å². The normalized spacial score (nSPS) is 10.7. The van der Waals surface area contributed by atoms with E-state index in [-0.39, 0.29) is 0 Å². The van der Waals surface area contributed by atoms with Gasteiger partial charge in [-0.1, -0.05) is 17.8 Å². The Morgan fingerprint density at radius 2 is 2.24 bits per heavy atom. The lowest BCUT2D eigenvalue weighted by Crippen LogP contribution is -2.05. The topological polar surface area (TPSA) is 90.3 Å². The van der Waals surface area contributed by atoms with Crippen LogP contribution in [0.15, 0.2) is 40.8 Å². The molecule has 6 nitrogen and oxygen atoms in total. The number of aromatic amines is 1. The Balaban J connectivity index is 1.98. The first-order valence-electron chi connectivity index (χ1n) is 6.31. The molecule has 21 heavy (non-hydrogen) atoms. The molecule has 0 unspecified atom stereocenters. The van der Waals surface area contributed by atoms with Crippen molar-refractivity contribution in [2.75, 3.05) is 7.05 Å². The van der Waals surface area contributed by atoms with E-state index in [0.29, 0.717) is 11.2 Å². The lowest BCUT2D eigenvalue weighted by atomic mass is 10.1. The maximum Gasteiger partial charge on any atom is 0.181 e. The van der Waals surface area contributed by atoms with E-state index >= 15 is 0 Å². The average molecular weight is 296 g/mol. The van der Waals surface area contributed by atoms with Crippen LogP contribution in [0, 0.1) is 11.3 Å². The van der Waals surface area contributed by atoms with Gasteiger partial charge in [-0.05, 0) is 24.7 Å². The van der Waals surface area contributed by atoms with Gasteiger partial charge in [-0.25, -0.2) is 15.0 Å². The third kappa shape index (κ3) is 2.72. The maximum atomic E-state index is 9.33. The maximum absolute atomic E-state index is 9.33. The van der Waals surface area contributed by atoms with Crippen molar-refractivity contribution in [1.82, 2.24) is 25.3 Å². The Bertz CT molecular complexity index is 820. The van der Waals surface area contributed by atoms with Gasteiger partial charge in [0, 0.05) is 11.4 Å². The number of imidazole rings is 1. The van der Waals surface area contributed by atoms with Crippen LogP contribution in [0.3, 0.4) is 0 Å². The number of rotatable bonds is 4. The molecular formula is C14H12N6S. The van der Waals surface area contributed by atoms with Gasteiger partial charge >= 0.3 is 0 Å². The van der Waals surface area contributed by atoms with Crippen LogP contribution in [0.1, 0.15) is 11.1 Å². The smallest absolute Gasteiger partial charge is 0.181 e. The first-order chi connectivity index (χ1) is 10.3. The van der Waals surface area contributed by atoms with Crippen LogP contribution in [0.5, 0.6) is 0 Å². The minimum Gasteiger partial charge on any atom is -0.341 e. The predicted octanol–water partition coefficient (Wildman–Crippen LogP) is 2.10. The first kappa shape index (κ1) is 13.5. The molecule has 0 saturated heterocycles. The molecule has 3 rings (SSSR count). The van der Waals surface area contributed by atoms with Crippen molar-refractivity contribution in [3.63, 3.8) is 0 Å². The zero-order valence-electron chi connectivity index (χ0n) is 11.3. The summed E-state index contributed by atoms with van der Waals surface area (Å²) < 4.78 is 0. The molecule has 0 aliphatic carbocycles. The van der Waals surface area contributed by atoms with Gasteiger partial charge in [0.2, 0.25) is 0 Å². The lowest BCUT2D eigenvalue weighted by Gasteiger charge is -2.06. The molecule has 0 spiro atoms. The van der Waals surface area contributed by atoms with Crippen molar-refractivity contribution >= 4 is 22.9 Å². The Morgan fingerprint density at radius 1 is 1.33 bits per heavy atom. The zero-order chi connectivity index (χ0) is 14.7. The number of nitrogens with one attached hydrogen (secondary N) is 2. The second kappa shape index (κ2) is 5.91. The van der Waals surface area contributed by atoms with E-state index in [1.165, 1.54) is 18.1 Å². The number of hydrogen-bond donors (Lipinski definition) is 2. The Kier molecular flexibility index (Phi) is 3.81. The summed E-state index contributed by atoms with van der Waals surface area (Å²) in [6.07, 6.45) is 3.07. The fourth-order valence-corrected chi connectivity index (χ4v) is 2.90. The number of hydrogen-bond acceptors (Lipinski definition) is 6. The van der Waals surface area contributed by atoms with Crippen LogP contribution in [0.2, 0.25) is 0 Å². The average Bonchev–Trinajstić information content (AvgIpc) is 2.98. The van der Waals surface area contributed by atoms with Gasteiger partial charge in [0.05, 0.1) is 11.9 Å². The summed E-state index contributed by atoms with van der Waals surface area (Å²) in [6, 6.07) is 8.08. The first-order valence-corrected chi connectivity index (χ1v) is 7.13. The minimum atomic E-state index is 0.623. The molecule has 104 valence electrons. The Hall–Kier alpha value is -2.43. The fraction of sp³-hybridized carbons (Fsp3) is 0.143. The Labute approximate surface area is 125 Å². The molecule has 2 heterocycles. The molecule has 2 N–H and O–H groups in total. The van der Waals surface area contributed by atoms with Crippen molar-refractivity contribution in [2.24, 2.45) is 0 Å². The number of nitriles is 1. The van der Waals surface area contributed by atoms with Gasteiger partial charge in [0.15, 0.2) is 5.65 Å². The summed E-state index contributed by atoms with van der Waals surface area (Å²) in [6.45, 7) is 0.734. The number of fused-ring (bicyclic) bond motifs is 1. The summed E-state index contributed by atoms with van der Waals surface area (Å²) >= 11 is 1.43. The predicted molar refractivity (Wildman–Crippen MR) is 79.7 cm³/mol. The van der Waals surface area contributed by atoms with Crippen LogP contribution in [-0.4, -0.2) is 27.0 Å². The van der Waals surface area contributed by atoms with E-state index in [1.807, 2.05) is 25.2 Å². The van der Waals surface area contributed by atoms with Gasteiger partial charge in [0.1, 0.15) is 22.9 Å². The summed E-state index contributed by atoms with van der Waals surface area (Å²) in [5.41, 5.74) is 3.12. The molecule has 0 atom stereocenters. The Morgan fingerprint density at radius 3 is 3.05 bits per heavy atom. The molecule has 1 aromatic carbocycles. The molecule has 0 amide bonds. The van der Waals surface area contributed by atoms with E-state index in [0.717, 1.165) is 27.5 Å². The summed E-state index contributed by atoms with van der Waals surface area (Å²) in [4.78, 5) is 16.4. The molecule has 0 aliphatic heterocycles. The lowest BCUT2D eigenvalue weighted by molar-refractivity contribution is 0.816. The van der Waals surface area contributed by atoms with Gasteiger partial charge < -0.3 is 10.3 Å². The monoisotopic (exact) mass is 296 g/mol. The molecule has 0 bridgehead atoms.